The fourth-order valence-corrected chi connectivity index (χ4v) is 1.63. The summed E-state index contributed by atoms with van der Waals surface area (Å²) in [5.41, 5.74) is 0. The smallest absolute Gasteiger partial charge is 0.282 e. The summed E-state index contributed by atoms with van der Waals surface area (Å²) in [6, 6.07) is 0.199. The minimum atomic E-state index is -0.0218. The van der Waals surface area contributed by atoms with Crippen molar-refractivity contribution in [3.8, 4) is 0 Å². The Labute approximate surface area is 88.0 Å². The molecule has 0 aliphatic heterocycles. The molecule has 0 aromatic carbocycles. The molecule has 0 aliphatic rings. The van der Waals surface area contributed by atoms with E-state index in [4.69, 9.17) is 0 Å². The third-order valence-corrected chi connectivity index (χ3v) is 3.03. The zero-order valence-electron chi connectivity index (χ0n) is 8.87. The van der Waals surface area contributed by atoms with Crippen LogP contribution in [0.4, 0.5) is 5.00 Å². The normalized spacial score (nSPS) is 10.4. The highest BCUT2D eigenvalue weighted by atomic mass is 32.1. The van der Waals surface area contributed by atoms with Gasteiger partial charge in [-0.3, -0.25) is 4.79 Å². The minimum absolute atomic E-state index is 0.0218. The van der Waals surface area contributed by atoms with E-state index in [1.54, 1.807) is 18.1 Å². The number of anilines is 1. The molecule has 1 N–H and O–H groups in total. The van der Waals surface area contributed by atoms with E-state index < -0.39 is 0 Å². The van der Waals surface area contributed by atoms with Crippen LogP contribution >= 0.6 is 11.3 Å². The van der Waals surface area contributed by atoms with Crippen molar-refractivity contribution in [3.05, 3.63) is 11.2 Å². The van der Waals surface area contributed by atoms with Crippen molar-refractivity contribution in [1.82, 2.24) is 9.88 Å². The van der Waals surface area contributed by atoms with Crippen LogP contribution in [0.25, 0.3) is 0 Å². The van der Waals surface area contributed by atoms with Crippen LogP contribution in [-0.2, 0) is 0 Å². The number of carbonyl (C=O) groups is 1. The van der Waals surface area contributed by atoms with Crippen molar-refractivity contribution < 1.29 is 4.79 Å². The molecule has 0 saturated carbocycles. The van der Waals surface area contributed by atoms with Gasteiger partial charge in [-0.15, -0.1) is 0 Å². The van der Waals surface area contributed by atoms with E-state index in [2.05, 4.69) is 10.3 Å². The molecular formula is C9H15N3OS. The third kappa shape index (κ3) is 2.23. The maximum atomic E-state index is 11.8. The quantitative estimate of drug-likeness (QED) is 0.830. The molecular weight excluding hydrogens is 198 g/mol. The van der Waals surface area contributed by atoms with Crippen molar-refractivity contribution in [1.29, 1.82) is 0 Å². The van der Waals surface area contributed by atoms with Crippen LogP contribution in [0.1, 0.15) is 23.6 Å². The molecule has 14 heavy (non-hydrogen) atoms. The summed E-state index contributed by atoms with van der Waals surface area (Å²) in [5.74, 6) is -0.0218. The fourth-order valence-electron chi connectivity index (χ4n) is 0.874. The number of hydrogen-bond acceptors (Lipinski definition) is 4. The fraction of sp³-hybridized carbons (Fsp3) is 0.556. The second-order valence-electron chi connectivity index (χ2n) is 3.29. The number of amides is 1. The molecule has 0 radical (unpaired) electrons. The lowest BCUT2D eigenvalue weighted by molar-refractivity contribution is 0.0754. The van der Waals surface area contributed by atoms with Gasteiger partial charge in [-0.25, -0.2) is 4.98 Å². The van der Waals surface area contributed by atoms with E-state index in [1.165, 1.54) is 11.3 Å². The highest BCUT2D eigenvalue weighted by molar-refractivity contribution is 7.17. The van der Waals surface area contributed by atoms with Gasteiger partial charge in [0.1, 0.15) is 5.00 Å². The summed E-state index contributed by atoms with van der Waals surface area (Å²) < 4.78 is 0. The first-order valence-corrected chi connectivity index (χ1v) is 5.28. The van der Waals surface area contributed by atoms with Gasteiger partial charge < -0.3 is 10.2 Å². The minimum Gasteiger partial charge on any atom is -0.379 e. The molecule has 0 bridgehead atoms. The summed E-state index contributed by atoms with van der Waals surface area (Å²) in [6.45, 7) is 3.95. The van der Waals surface area contributed by atoms with Crippen molar-refractivity contribution in [2.24, 2.45) is 0 Å². The van der Waals surface area contributed by atoms with E-state index in [9.17, 15) is 4.79 Å². The van der Waals surface area contributed by atoms with E-state index in [0.717, 1.165) is 5.00 Å². The SMILES string of the molecule is CNc1cnc(C(=O)N(C)C(C)C)s1. The number of rotatable bonds is 3. The summed E-state index contributed by atoms with van der Waals surface area (Å²) in [5, 5.41) is 4.40. The molecule has 5 heteroatoms. The second-order valence-corrected chi connectivity index (χ2v) is 4.32. The molecule has 1 amide bonds. The summed E-state index contributed by atoms with van der Waals surface area (Å²) >= 11 is 1.37. The molecule has 0 atom stereocenters. The Kier molecular flexibility index (Phi) is 3.46. The first-order chi connectivity index (χ1) is 6.56. The van der Waals surface area contributed by atoms with Crippen LogP contribution in [0.15, 0.2) is 6.20 Å². The molecule has 0 saturated heterocycles. The molecule has 0 aliphatic carbocycles. The van der Waals surface area contributed by atoms with Crippen molar-refractivity contribution in [2.75, 3.05) is 19.4 Å². The van der Waals surface area contributed by atoms with Crippen LogP contribution in [0, 0.1) is 0 Å². The van der Waals surface area contributed by atoms with Crippen LogP contribution in [0.5, 0.6) is 0 Å². The highest BCUT2D eigenvalue weighted by Gasteiger charge is 2.17. The van der Waals surface area contributed by atoms with E-state index in [-0.39, 0.29) is 11.9 Å². The number of nitrogens with zero attached hydrogens (tertiary/aromatic N) is 2. The molecule has 4 nitrogen and oxygen atoms in total. The first-order valence-electron chi connectivity index (χ1n) is 4.47. The standard InChI is InChI=1S/C9H15N3OS/c1-6(2)12(4)9(13)8-11-5-7(10-3)14-8/h5-6,10H,1-4H3. The lowest BCUT2D eigenvalue weighted by atomic mass is 10.3. The van der Waals surface area contributed by atoms with Crippen molar-refractivity contribution in [2.45, 2.75) is 19.9 Å². The Morgan fingerprint density at radius 3 is 2.71 bits per heavy atom. The number of aromatic nitrogens is 1. The molecule has 1 aromatic rings. The van der Waals surface area contributed by atoms with E-state index in [0.29, 0.717) is 5.01 Å². The Morgan fingerprint density at radius 1 is 1.64 bits per heavy atom. The highest BCUT2D eigenvalue weighted by Crippen LogP contribution is 2.19. The maximum Gasteiger partial charge on any atom is 0.282 e. The number of carbonyl (C=O) groups excluding carboxylic acids is 1. The Morgan fingerprint density at radius 2 is 2.29 bits per heavy atom. The number of hydrogen-bond donors (Lipinski definition) is 1. The average Bonchev–Trinajstić information content (AvgIpc) is 2.63. The zero-order valence-corrected chi connectivity index (χ0v) is 9.68. The van der Waals surface area contributed by atoms with Crippen molar-refractivity contribution in [3.63, 3.8) is 0 Å². The molecule has 0 unspecified atom stereocenters. The van der Waals surface area contributed by atoms with Crippen LogP contribution in [-0.4, -0.2) is 35.9 Å². The van der Waals surface area contributed by atoms with Gasteiger partial charge in [0.15, 0.2) is 5.01 Å². The molecule has 78 valence electrons. The molecule has 0 spiro atoms. The third-order valence-electron chi connectivity index (χ3n) is 2.03. The van der Waals surface area contributed by atoms with Gasteiger partial charge in [0.2, 0.25) is 0 Å². The molecule has 1 rings (SSSR count). The molecule has 1 heterocycles. The van der Waals surface area contributed by atoms with Crippen LogP contribution < -0.4 is 5.32 Å². The topological polar surface area (TPSA) is 45.2 Å². The summed E-state index contributed by atoms with van der Waals surface area (Å²) in [6.07, 6.45) is 1.67. The van der Waals surface area contributed by atoms with Gasteiger partial charge in [0.05, 0.1) is 6.20 Å². The average molecular weight is 213 g/mol. The van der Waals surface area contributed by atoms with Gasteiger partial charge in [-0.1, -0.05) is 11.3 Å². The summed E-state index contributed by atoms with van der Waals surface area (Å²) in [7, 11) is 3.60. The molecule has 0 fully saturated rings. The zero-order chi connectivity index (χ0) is 10.7. The lowest BCUT2D eigenvalue weighted by Crippen LogP contribution is -2.32. The molecule has 1 aromatic heterocycles. The van der Waals surface area contributed by atoms with Gasteiger partial charge >= 0.3 is 0 Å². The van der Waals surface area contributed by atoms with Crippen LogP contribution in [0.2, 0.25) is 0 Å². The van der Waals surface area contributed by atoms with Gasteiger partial charge in [0.25, 0.3) is 5.91 Å². The van der Waals surface area contributed by atoms with Crippen LogP contribution in [0.3, 0.4) is 0 Å². The Bertz CT molecular complexity index is 322. The Hall–Kier alpha value is -1.10. The van der Waals surface area contributed by atoms with Gasteiger partial charge in [0, 0.05) is 20.1 Å². The van der Waals surface area contributed by atoms with Crippen molar-refractivity contribution >= 4 is 22.2 Å². The van der Waals surface area contributed by atoms with E-state index in [1.807, 2.05) is 20.9 Å². The number of thiazole rings is 1. The summed E-state index contributed by atoms with van der Waals surface area (Å²) in [4.78, 5) is 17.5. The monoisotopic (exact) mass is 213 g/mol. The second kappa shape index (κ2) is 4.41. The van der Waals surface area contributed by atoms with Gasteiger partial charge in [-0.05, 0) is 13.8 Å². The predicted octanol–water partition coefficient (Wildman–Crippen LogP) is 1.67. The van der Waals surface area contributed by atoms with E-state index >= 15 is 0 Å². The maximum absolute atomic E-state index is 11.8. The number of nitrogens with one attached hydrogen (secondary N) is 1. The predicted molar refractivity (Wildman–Crippen MR) is 58.9 cm³/mol. The first kappa shape index (κ1) is 11.0. The largest absolute Gasteiger partial charge is 0.379 e. The Balaban J connectivity index is 2.79. The lowest BCUT2D eigenvalue weighted by Gasteiger charge is -2.19. The van der Waals surface area contributed by atoms with Gasteiger partial charge in [-0.2, -0.15) is 0 Å².